The number of rotatable bonds is 4. The summed E-state index contributed by atoms with van der Waals surface area (Å²) < 4.78 is 0. The van der Waals surface area contributed by atoms with Crippen LogP contribution in [-0.4, -0.2) is 16.0 Å². The molecular weight excluding hydrogens is 238 g/mol. The minimum atomic E-state index is 0.423. The summed E-state index contributed by atoms with van der Waals surface area (Å²) >= 11 is 3.37. The van der Waals surface area contributed by atoms with Gasteiger partial charge in [-0.15, -0.1) is 22.7 Å². The highest BCUT2D eigenvalue weighted by molar-refractivity contribution is 7.16. The van der Waals surface area contributed by atoms with E-state index in [1.165, 1.54) is 5.01 Å². The van der Waals surface area contributed by atoms with Gasteiger partial charge in [-0.1, -0.05) is 6.92 Å². The van der Waals surface area contributed by atoms with Crippen LogP contribution in [-0.2, 0) is 6.42 Å². The fourth-order valence-electron chi connectivity index (χ4n) is 1.29. The Morgan fingerprint density at radius 2 is 2.25 bits per heavy atom. The maximum atomic E-state index is 4.55. The van der Waals surface area contributed by atoms with Gasteiger partial charge in [0.15, 0.2) is 5.13 Å². The van der Waals surface area contributed by atoms with Crippen molar-refractivity contribution in [1.29, 1.82) is 0 Å². The molecule has 0 atom stereocenters. The average Bonchev–Trinajstić information content (AvgIpc) is 2.83. The van der Waals surface area contributed by atoms with Gasteiger partial charge >= 0.3 is 0 Å². The van der Waals surface area contributed by atoms with Crippen LogP contribution < -0.4 is 5.32 Å². The molecule has 3 nitrogen and oxygen atoms in total. The maximum absolute atomic E-state index is 4.55. The average molecular weight is 253 g/mol. The largest absolute Gasteiger partial charge is 0.359 e. The number of nitrogens with zero attached hydrogens (tertiary/aromatic N) is 2. The van der Waals surface area contributed by atoms with Crippen LogP contribution in [0.1, 0.15) is 25.8 Å². The normalized spacial score (nSPS) is 11.0. The zero-order chi connectivity index (χ0) is 11.5. The summed E-state index contributed by atoms with van der Waals surface area (Å²) in [5.74, 6) is 0. The van der Waals surface area contributed by atoms with Crippen molar-refractivity contribution in [3.8, 4) is 10.6 Å². The molecule has 0 aliphatic heterocycles. The quantitative estimate of drug-likeness (QED) is 0.903. The molecule has 0 aromatic carbocycles. The van der Waals surface area contributed by atoms with E-state index in [0.29, 0.717) is 6.04 Å². The SMILES string of the molecule is CCc1ncc(-c2csc(NC(C)C)n2)s1. The van der Waals surface area contributed by atoms with Gasteiger partial charge in [0.1, 0.15) is 0 Å². The van der Waals surface area contributed by atoms with Crippen LogP contribution in [0.2, 0.25) is 0 Å². The van der Waals surface area contributed by atoms with Gasteiger partial charge < -0.3 is 5.32 Å². The van der Waals surface area contributed by atoms with Crippen molar-refractivity contribution >= 4 is 27.8 Å². The van der Waals surface area contributed by atoms with Crippen LogP contribution >= 0.6 is 22.7 Å². The molecule has 0 amide bonds. The predicted octanol–water partition coefficient (Wildman–Crippen LogP) is 3.65. The number of anilines is 1. The molecule has 2 aromatic rings. The summed E-state index contributed by atoms with van der Waals surface area (Å²) in [5.41, 5.74) is 1.03. The molecular formula is C11H15N3S2. The molecule has 86 valence electrons. The van der Waals surface area contributed by atoms with Gasteiger partial charge in [0, 0.05) is 17.6 Å². The first-order chi connectivity index (χ1) is 7.69. The summed E-state index contributed by atoms with van der Waals surface area (Å²) in [4.78, 5) is 10.0. The molecule has 0 radical (unpaired) electrons. The van der Waals surface area contributed by atoms with Gasteiger partial charge in [0.25, 0.3) is 0 Å². The van der Waals surface area contributed by atoms with Gasteiger partial charge in [-0.2, -0.15) is 0 Å². The lowest BCUT2D eigenvalue weighted by molar-refractivity contribution is 0.897. The first kappa shape index (κ1) is 11.5. The minimum Gasteiger partial charge on any atom is -0.359 e. The summed E-state index contributed by atoms with van der Waals surface area (Å²) in [6, 6.07) is 0.423. The maximum Gasteiger partial charge on any atom is 0.183 e. The third-order valence-corrected chi connectivity index (χ3v) is 3.96. The monoisotopic (exact) mass is 253 g/mol. The van der Waals surface area contributed by atoms with Crippen molar-refractivity contribution < 1.29 is 0 Å². The van der Waals surface area contributed by atoms with Gasteiger partial charge in [-0.3, -0.25) is 0 Å². The second-order valence-electron chi connectivity index (χ2n) is 3.81. The fourth-order valence-corrected chi connectivity index (χ4v) is 3.04. The van der Waals surface area contributed by atoms with Crippen LogP contribution in [0.3, 0.4) is 0 Å². The van der Waals surface area contributed by atoms with Crippen molar-refractivity contribution in [2.75, 3.05) is 5.32 Å². The highest BCUT2D eigenvalue weighted by Gasteiger charge is 2.08. The molecule has 0 aliphatic rings. The Morgan fingerprint density at radius 3 is 2.88 bits per heavy atom. The molecule has 0 spiro atoms. The number of aryl methyl sites for hydroxylation is 1. The van der Waals surface area contributed by atoms with Crippen molar-refractivity contribution in [2.24, 2.45) is 0 Å². The minimum absolute atomic E-state index is 0.423. The highest BCUT2D eigenvalue weighted by Crippen LogP contribution is 2.29. The molecule has 1 N–H and O–H groups in total. The Balaban J connectivity index is 2.17. The van der Waals surface area contributed by atoms with Gasteiger partial charge in [0.05, 0.1) is 15.6 Å². The Kier molecular flexibility index (Phi) is 3.56. The highest BCUT2D eigenvalue weighted by atomic mass is 32.1. The first-order valence-electron chi connectivity index (χ1n) is 5.36. The summed E-state index contributed by atoms with van der Waals surface area (Å²) in [7, 11) is 0. The van der Waals surface area contributed by atoms with Crippen molar-refractivity contribution in [2.45, 2.75) is 33.2 Å². The molecule has 16 heavy (non-hydrogen) atoms. The van der Waals surface area contributed by atoms with E-state index in [2.05, 4.69) is 41.4 Å². The van der Waals surface area contributed by atoms with E-state index in [1.54, 1.807) is 22.7 Å². The lowest BCUT2D eigenvalue weighted by Gasteiger charge is -2.04. The van der Waals surface area contributed by atoms with E-state index in [9.17, 15) is 0 Å². The molecule has 0 bridgehead atoms. The Hall–Kier alpha value is -0.940. The molecule has 0 saturated heterocycles. The molecule has 0 fully saturated rings. The van der Waals surface area contributed by atoms with Gasteiger partial charge in [0.2, 0.25) is 0 Å². The smallest absolute Gasteiger partial charge is 0.183 e. The van der Waals surface area contributed by atoms with Gasteiger partial charge in [-0.25, -0.2) is 9.97 Å². The third-order valence-electron chi connectivity index (χ3n) is 2.02. The Labute approximate surface area is 104 Å². The van der Waals surface area contributed by atoms with Crippen molar-refractivity contribution in [1.82, 2.24) is 9.97 Å². The number of aromatic nitrogens is 2. The molecule has 5 heteroatoms. The lowest BCUT2D eigenvalue weighted by Crippen LogP contribution is -2.08. The molecule has 0 aliphatic carbocycles. The second kappa shape index (κ2) is 4.93. The Morgan fingerprint density at radius 1 is 1.44 bits per heavy atom. The number of thiazole rings is 2. The standard InChI is InChI=1S/C11H15N3S2/c1-4-10-12-5-9(16-10)8-6-15-11(14-8)13-7(2)3/h5-7H,4H2,1-3H3,(H,13,14). The van der Waals surface area contributed by atoms with Crippen LogP contribution in [0, 0.1) is 0 Å². The number of hydrogen-bond acceptors (Lipinski definition) is 5. The van der Waals surface area contributed by atoms with Crippen molar-refractivity contribution in [3.63, 3.8) is 0 Å². The first-order valence-corrected chi connectivity index (χ1v) is 7.05. The lowest BCUT2D eigenvalue weighted by atomic mass is 10.4. The summed E-state index contributed by atoms with van der Waals surface area (Å²) in [6.45, 7) is 6.35. The number of nitrogens with one attached hydrogen (secondary N) is 1. The Bertz CT molecular complexity index is 459. The van der Waals surface area contributed by atoms with Gasteiger partial charge in [-0.05, 0) is 20.3 Å². The van der Waals surface area contributed by atoms with E-state index < -0.39 is 0 Å². The second-order valence-corrected chi connectivity index (χ2v) is 5.78. The molecule has 2 aromatic heterocycles. The van der Waals surface area contributed by atoms with E-state index >= 15 is 0 Å². The van der Waals surface area contributed by atoms with E-state index in [4.69, 9.17) is 0 Å². The topological polar surface area (TPSA) is 37.8 Å². The van der Waals surface area contributed by atoms with E-state index in [0.717, 1.165) is 22.1 Å². The van der Waals surface area contributed by atoms with Crippen LogP contribution in [0.4, 0.5) is 5.13 Å². The summed E-state index contributed by atoms with van der Waals surface area (Å²) in [6.07, 6.45) is 2.91. The van der Waals surface area contributed by atoms with Crippen molar-refractivity contribution in [3.05, 3.63) is 16.6 Å². The molecule has 2 heterocycles. The van der Waals surface area contributed by atoms with E-state index in [1.807, 2.05) is 6.20 Å². The molecule has 2 rings (SSSR count). The van der Waals surface area contributed by atoms with Crippen LogP contribution in [0.5, 0.6) is 0 Å². The van der Waals surface area contributed by atoms with Crippen LogP contribution in [0.15, 0.2) is 11.6 Å². The zero-order valence-corrected chi connectivity index (χ0v) is 11.3. The van der Waals surface area contributed by atoms with Crippen LogP contribution in [0.25, 0.3) is 10.6 Å². The molecule has 0 saturated carbocycles. The third kappa shape index (κ3) is 2.59. The zero-order valence-electron chi connectivity index (χ0n) is 9.65. The predicted molar refractivity (Wildman–Crippen MR) is 71.4 cm³/mol. The number of hydrogen-bond donors (Lipinski definition) is 1. The molecule has 0 unspecified atom stereocenters. The van der Waals surface area contributed by atoms with E-state index in [-0.39, 0.29) is 0 Å². The fraction of sp³-hybridized carbons (Fsp3) is 0.455. The summed E-state index contributed by atoms with van der Waals surface area (Å²) in [5, 5.41) is 7.54.